The summed E-state index contributed by atoms with van der Waals surface area (Å²) in [5.74, 6) is -0.434. The van der Waals surface area contributed by atoms with E-state index in [1.54, 1.807) is 4.90 Å². The van der Waals surface area contributed by atoms with Crippen LogP contribution in [0.25, 0.3) is 0 Å². The number of benzene rings is 2. The second kappa shape index (κ2) is 11.1. The molecule has 0 radical (unpaired) electrons. The lowest BCUT2D eigenvalue weighted by Gasteiger charge is -2.53. The summed E-state index contributed by atoms with van der Waals surface area (Å²) in [7, 11) is -2.08. The van der Waals surface area contributed by atoms with Crippen molar-refractivity contribution in [1.82, 2.24) is 4.90 Å². The van der Waals surface area contributed by atoms with Gasteiger partial charge in [0.15, 0.2) is 8.32 Å². The molecule has 2 aromatic rings. The number of nitrogens with zero attached hydrogens (tertiary/aromatic N) is 1. The molecule has 1 amide bonds. The van der Waals surface area contributed by atoms with Crippen LogP contribution in [-0.2, 0) is 14.0 Å². The topological polar surface area (TPSA) is 46.6 Å². The van der Waals surface area contributed by atoms with Crippen molar-refractivity contribution in [3.05, 3.63) is 66.2 Å². The molecule has 1 aliphatic rings. The van der Waals surface area contributed by atoms with E-state index >= 15 is 0 Å². The molecule has 0 saturated carbocycles. The van der Waals surface area contributed by atoms with Gasteiger partial charge in [-0.05, 0) is 42.8 Å². The molecular formula is C28H37NO3S2Si. The zero-order valence-corrected chi connectivity index (χ0v) is 24.4. The van der Waals surface area contributed by atoms with Crippen molar-refractivity contribution in [2.75, 3.05) is 6.54 Å². The Kier molecular flexibility index (Phi) is 8.79. The summed E-state index contributed by atoms with van der Waals surface area (Å²) in [5.41, 5.74) is 0.982. The number of amides is 1. The van der Waals surface area contributed by atoms with E-state index in [2.05, 4.69) is 40.8 Å². The van der Waals surface area contributed by atoms with Crippen LogP contribution in [0, 0.1) is 11.8 Å². The zero-order chi connectivity index (χ0) is 26.0. The van der Waals surface area contributed by atoms with Gasteiger partial charge in [-0.25, -0.2) is 0 Å². The normalized spacial score (nSPS) is 20.2. The van der Waals surface area contributed by atoms with Gasteiger partial charge < -0.3 is 9.33 Å². The van der Waals surface area contributed by atoms with E-state index in [1.807, 2.05) is 67.6 Å². The Balaban J connectivity index is 1.83. The predicted octanol–water partition coefficient (Wildman–Crippen LogP) is 6.60. The summed E-state index contributed by atoms with van der Waals surface area (Å²) < 4.78 is 6.65. The highest BCUT2D eigenvalue weighted by atomic mass is 32.2. The molecule has 0 aliphatic carbocycles. The number of rotatable bonds is 9. The SMILES string of the molecule is C[C@H](C(=S)c1ccccc1)[C@@H]1[C@@H]([C@@H](C)O[Si](C)(C)C(C)(C)C)C(=O)N1CC(=O)Sc1ccccc1. The molecule has 188 valence electrons. The lowest BCUT2D eigenvalue weighted by molar-refractivity contribution is -0.166. The molecule has 0 aromatic heterocycles. The molecular weight excluding hydrogens is 491 g/mol. The lowest BCUT2D eigenvalue weighted by Crippen LogP contribution is -2.69. The third-order valence-electron chi connectivity index (χ3n) is 7.35. The Hall–Kier alpha value is -1.80. The second-order valence-corrected chi connectivity index (χ2v) is 17.2. The number of carbonyl (C=O) groups is 2. The standard InChI is InChI=1S/C28H37NO3S2Si/c1-19(26(33)21-14-10-8-11-15-21)25-24(20(2)32-35(6,7)28(3,4)5)27(31)29(25)18-23(30)34-22-16-12-9-13-17-22/h8-17,19-20,24-25H,18H2,1-7H3/t19-,20+,24+,25+/m0/s1. The van der Waals surface area contributed by atoms with Gasteiger partial charge in [-0.3, -0.25) is 9.59 Å². The van der Waals surface area contributed by atoms with Gasteiger partial charge in [0.25, 0.3) is 0 Å². The molecule has 35 heavy (non-hydrogen) atoms. The summed E-state index contributed by atoms with van der Waals surface area (Å²) >= 11 is 7.05. The van der Waals surface area contributed by atoms with Crippen LogP contribution in [0.2, 0.25) is 18.1 Å². The molecule has 1 saturated heterocycles. The van der Waals surface area contributed by atoms with E-state index in [1.165, 1.54) is 11.8 Å². The number of thioether (sulfide) groups is 1. The highest BCUT2D eigenvalue weighted by molar-refractivity contribution is 8.13. The Bertz CT molecular complexity index is 1050. The number of β-lactam (4-membered cyclic amide) rings is 1. The van der Waals surface area contributed by atoms with Crippen LogP contribution in [-0.4, -0.2) is 47.8 Å². The number of carbonyl (C=O) groups excluding carboxylic acids is 2. The van der Waals surface area contributed by atoms with Crippen molar-refractivity contribution >= 4 is 48.2 Å². The minimum absolute atomic E-state index is 0.0223. The van der Waals surface area contributed by atoms with Crippen molar-refractivity contribution in [1.29, 1.82) is 0 Å². The van der Waals surface area contributed by atoms with Gasteiger partial charge in [-0.1, -0.05) is 100 Å². The van der Waals surface area contributed by atoms with E-state index in [4.69, 9.17) is 16.6 Å². The quantitative estimate of drug-likeness (QED) is 0.121. The highest BCUT2D eigenvalue weighted by Crippen LogP contribution is 2.42. The molecule has 7 heteroatoms. The third kappa shape index (κ3) is 6.31. The van der Waals surface area contributed by atoms with Crippen LogP contribution in [0.15, 0.2) is 65.6 Å². The average molecular weight is 528 g/mol. The number of hydrogen-bond donors (Lipinski definition) is 0. The van der Waals surface area contributed by atoms with Crippen LogP contribution in [0.3, 0.4) is 0 Å². The fourth-order valence-corrected chi connectivity index (χ4v) is 6.83. The maximum absolute atomic E-state index is 13.5. The first kappa shape index (κ1) is 27.8. The molecule has 2 aromatic carbocycles. The van der Waals surface area contributed by atoms with E-state index < -0.39 is 8.32 Å². The Labute approximate surface area is 221 Å². The average Bonchev–Trinajstić information content (AvgIpc) is 2.80. The molecule has 0 unspecified atom stereocenters. The molecule has 0 bridgehead atoms. The number of likely N-dealkylation sites (tertiary alicyclic amines) is 1. The van der Waals surface area contributed by atoms with Crippen molar-refractivity contribution in [2.24, 2.45) is 11.8 Å². The predicted molar refractivity (Wildman–Crippen MR) is 151 cm³/mol. The molecule has 4 nitrogen and oxygen atoms in total. The van der Waals surface area contributed by atoms with Gasteiger partial charge >= 0.3 is 0 Å². The molecule has 1 aliphatic heterocycles. The largest absolute Gasteiger partial charge is 0.413 e. The summed E-state index contributed by atoms with van der Waals surface area (Å²) in [5, 5.41) is -0.0139. The minimum atomic E-state index is -2.08. The molecule has 0 spiro atoms. The van der Waals surface area contributed by atoms with Gasteiger partial charge in [-0.2, -0.15) is 0 Å². The molecule has 4 atom stereocenters. The van der Waals surface area contributed by atoms with Crippen molar-refractivity contribution in [3.8, 4) is 0 Å². The van der Waals surface area contributed by atoms with E-state index in [9.17, 15) is 9.59 Å². The Morgan fingerprint density at radius 1 is 1.06 bits per heavy atom. The van der Waals surface area contributed by atoms with Gasteiger partial charge in [0.05, 0.1) is 24.6 Å². The summed E-state index contributed by atoms with van der Waals surface area (Å²) in [6, 6.07) is 19.3. The summed E-state index contributed by atoms with van der Waals surface area (Å²) in [6.07, 6.45) is -0.248. The van der Waals surface area contributed by atoms with Gasteiger partial charge in [0, 0.05) is 15.7 Å². The smallest absolute Gasteiger partial charge is 0.231 e. The second-order valence-electron chi connectivity index (χ2n) is 10.9. The summed E-state index contributed by atoms with van der Waals surface area (Å²) in [6.45, 7) is 15.1. The molecule has 1 fully saturated rings. The lowest BCUT2D eigenvalue weighted by atomic mass is 9.74. The first-order valence-electron chi connectivity index (χ1n) is 12.2. The monoisotopic (exact) mass is 527 g/mol. The maximum Gasteiger partial charge on any atom is 0.231 e. The Morgan fingerprint density at radius 2 is 1.60 bits per heavy atom. The van der Waals surface area contributed by atoms with Crippen LogP contribution in [0.5, 0.6) is 0 Å². The van der Waals surface area contributed by atoms with Gasteiger partial charge in [-0.15, -0.1) is 0 Å². The minimum Gasteiger partial charge on any atom is -0.413 e. The van der Waals surface area contributed by atoms with Crippen LogP contribution in [0.1, 0.15) is 40.2 Å². The maximum atomic E-state index is 13.5. The zero-order valence-electron chi connectivity index (χ0n) is 21.8. The van der Waals surface area contributed by atoms with Crippen molar-refractivity contribution in [3.63, 3.8) is 0 Å². The first-order chi connectivity index (χ1) is 16.3. The third-order valence-corrected chi connectivity index (χ3v) is 13.4. The van der Waals surface area contributed by atoms with Crippen molar-refractivity contribution in [2.45, 2.75) is 69.8 Å². The van der Waals surface area contributed by atoms with E-state index in [0.29, 0.717) is 0 Å². The number of thiocarbonyl (C=S) groups is 1. The van der Waals surface area contributed by atoms with E-state index in [-0.39, 0.29) is 46.6 Å². The highest BCUT2D eigenvalue weighted by Gasteiger charge is 2.55. The fraction of sp³-hybridized carbons (Fsp3) is 0.464. The number of hydrogen-bond acceptors (Lipinski definition) is 5. The fourth-order valence-electron chi connectivity index (χ4n) is 4.37. The van der Waals surface area contributed by atoms with E-state index in [0.717, 1.165) is 15.3 Å². The van der Waals surface area contributed by atoms with Gasteiger partial charge in [0.1, 0.15) is 0 Å². The van der Waals surface area contributed by atoms with Crippen LogP contribution < -0.4 is 0 Å². The van der Waals surface area contributed by atoms with Gasteiger partial charge in [0.2, 0.25) is 11.0 Å². The molecule has 3 rings (SSSR count). The van der Waals surface area contributed by atoms with Crippen molar-refractivity contribution < 1.29 is 14.0 Å². The molecule has 0 N–H and O–H groups in total. The summed E-state index contributed by atoms with van der Waals surface area (Å²) in [4.78, 5) is 29.8. The first-order valence-corrected chi connectivity index (χ1v) is 16.3. The van der Waals surface area contributed by atoms with Crippen LogP contribution in [0.4, 0.5) is 0 Å². The Morgan fingerprint density at radius 3 is 2.14 bits per heavy atom. The molecule has 1 heterocycles. The van der Waals surface area contributed by atoms with Crippen LogP contribution >= 0.6 is 24.0 Å².